The van der Waals surface area contributed by atoms with Gasteiger partial charge in [0, 0.05) is 23.6 Å². The van der Waals surface area contributed by atoms with Crippen LogP contribution in [0.15, 0.2) is 48.7 Å². The van der Waals surface area contributed by atoms with Crippen LogP contribution in [0.2, 0.25) is 0 Å². The summed E-state index contributed by atoms with van der Waals surface area (Å²) in [6, 6.07) is 14.4. The molecule has 1 heterocycles. The van der Waals surface area contributed by atoms with E-state index in [-0.39, 0.29) is 5.91 Å². The molecule has 118 valence electrons. The molecule has 0 radical (unpaired) electrons. The number of aromatic amines is 1. The molecule has 0 unspecified atom stereocenters. The van der Waals surface area contributed by atoms with Crippen molar-refractivity contribution in [2.45, 2.75) is 26.7 Å². The zero-order valence-corrected chi connectivity index (χ0v) is 13.6. The van der Waals surface area contributed by atoms with Crippen molar-refractivity contribution in [2.24, 2.45) is 0 Å². The normalized spacial score (nSPS) is 10.9. The lowest BCUT2D eigenvalue weighted by molar-refractivity contribution is 0.0955. The molecule has 0 atom stereocenters. The summed E-state index contributed by atoms with van der Waals surface area (Å²) in [4.78, 5) is 15.4. The highest BCUT2D eigenvalue weighted by atomic mass is 16.1. The highest BCUT2D eigenvalue weighted by Crippen LogP contribution is 2.17. The topological polar surface area (TPSA) is 44.9 Å². The number of hydrogen-bond donors (Lipinski definition) is 2. The molecule has 0 bridgehead atoms. The minimum atomic E-state index is -0.0110. The Bertz CT molecular complexity index is 833. The average Bonchev–Trinajstić information content (AvgIpc) is 2.97. The number of benzene rings is 2. The molecule has 3 aromatic rings. The van der Waals surface area contributed by atoms with E-state index in [0.29, 0.717) is 12.1 Å². The number of para-hydroxylation sites is 1. The number of fused-ring (bicyclic) bond motifs is 1. The lowest BCUT2D eigenvalue weighted by Crippen LogP contribution is -2.24. The van der Waals surface area contributed by atoms with Gasteiger partial charge in [0.1, 0.15) is 0 Å². The Kier molecular flexibility index (Phi) is 4.47. The van der Waals surface area contributed by atoms with Crippen molar-refractivity contribution in [2.75, 3.05) is 6.54 Å². The Hall–Kier alpha value is -2.55. The van der Waals surface area contributed by atoms with Crippen LogP contribution in [0.1, 0.15) is 33.5 Å². The highest BCUT2D eigenvalue weighted by molar-refractivity contribution is 6.06. The van der Waals surface area contributed by atoms with Gasteiger partial charge in [-0.2, -0.15) is 0 Å². The quantitative estimate of drug-likeness (QED) is 0.683. The molecule has 0 saturated carbocycles. The monoisotopic (exact) mass is 306 g/mol. The van der Waals surface area contributed by atoms with Crippen LogP contribution in [0.5, 0.6) is 0 Å². The summed E-state index contributed by atoms with van der Waals surface area (Å²) in [5.41, 5.74) is 5.68. The van der Waals surface area contributed by atoms with Crippen molar-refractivity contribution in [3.8, 4) is 0 Å². The van der Waals surface area contributed by atoms with Crippen molar-refractivity contribution in [1.82, 2.24) is 10.3 Å². The van der Waals surface area contributed by atoms with Crippen LogP contribution in [0.25, 0.3) is 10.9 Å². The van der Waals surface area contributed by atoms with Gasteiger partial charge in [0.2, 0.25) is 0 Å². The number of carbonyl (C=O) groups is 1. The largest absolute Gasteiger partial charge is 0.360 e. The summed E-state index contributed by atoms with van der Waals surface area (Å²) >= 11 is 0. The molecule has 3 nitrogen and oxygen atoms in total. The van der Waals surface area contributed by atoms with Gasteiger partial charge in [0.25, 0.3) is 5.91 Å². The number of rotatable bonds is 5. The Balaban J connectivity index is 1.55. The van der Waals surface area contributed by atoms with Crippen LogP contribution in [0, 0.1) is 13.8 Å². The number of carbonyl (C=O) groups excluding carboxylic acids is 1. The molecular formula is C20H22N2O. The molecule has 0 aliphatic carbocycles. The number of H-pyrrole nitrogens is 1. The van der Waals surface area contributed by atoms with Gasteiger partial charge in [-0.1, -0.05) is 42.0 Å². The van der Waals surface area contributed by atoms with E-state index >= 15 is 0 Å². The van der Waals surface area contributed by atoms with Crippen molar-refractivity contribution >= 4 is 16.8 Å². The summed E-state index contributed by atoms with van der Waals surface area (Å²) in [5.74, 6) is -0.0110. The van der Waals surface area contributed by atoms with Crippen LogP contribution in [0.4, 0.5) is 0 Å². The second-order valence-electron chi connectivity index (χ2n) is 6.04. The number of aromatic nitrogens is 1. The van der Waals surface area contributed by atoms with Crippen LogP contribution < -0.4 is 5.32 Å². The van der Waals surface area contributed by atoms with E-state index in [4.69, 9.17) is 0 Å². The molecule has 2 aromatic carbocycles. The minimum Gasteiger partial charge on any atom is -0.360 e. The van der Waals surface area contributed by atoms with E-state index < -0.39 is 0 Å². The van der Waals surface area contributed by atoms with Gasteiger partial charge < -0.3 is 10.3 Å². The first-order valence-corrected chi connectivity index (χ1v) is 8.05. The van der Waals surface area contributed by atoms with E-state index in [1.54, 1.807) is 6.20 Å². The van der Waals surface area contributed by atoms with Gasteiger partial charge in [-0.05, 0) is 43.9 Å². The van der Waals surface area contributed by atoms with Crippen LogP contribution in [0.3, 0.4) is 0 Å². The number of nitrogens with one attached hydrogen (secondary N) is 2. The molecule has 0 aliphatic heterocycles. The van der Waals surface area contributed by atoms with Gasteiger partial charge in [0.15, 0.2) is 0 Å². The fourth-order valence-electron chi connectivity index (χ4n) is 2.96. The van der Waals surface area contributed by atoms with Gasteiger partial charge in [-0.3, -0.25) is 4.79 Å². The predicted octanol–water partition coefficient (Wildman–Crippen LogP) is 4.15. The highest BCUT2D eigenvalue weighted by Gasteiger charge is 2.10. The van der Waals surface area contributed by atoms with Gasteiger partial charge in [-0.15, -0.1) is 0 Å². The molecular weight excluding hydrogens is 284 g/mol. The third-order valence-corrected chi connectivity index (χ3v) is 4.24. The van der Waals surface area contributed by atoms with E-state index in [2.05, 4.69) is 42.3 Å². The van der Waals surface area contributed by atoms with Gasteiger partial charge in [-0.25, -0.2) is 0 Å². The summed E-state index contributed by atoms with van der Waals surface area (Å²) in [6.45, 7) is 4.94. The Morgan fingerprint density at radius 3 is 2.78 bits per heavy atom. The van der Waals surface area contributed by atoms with Gasteiger partial charge >= 0.3 is 0 Å². The molecule has 0 saturated heterocycles. The minimum absolute atomic E-state index is 0.0110. The molecule has 2 N–H and O–H groups in total. The molecule has 23 heavy (non-hydrogen) atoms. The van der Waals surface area contributed by atoms with Crippen molar-refractivity contribution in [1.29, 1.82) is 0 Å². The fourth-order valence-corrected chi connectivity index (χ4v) is 2.96. The first-order chi connectivity index (χ1) is 11.1. The van der Waals surface area contributed by atoms with E-state index in [1.807, 2.05) is 24.3 Å². The van der Waals surface area contributed by atoms with E-state index in [9.17, 15) is 4.79 Å². The molecule has 1 aromatic heterocycles. The summed E-state index contributed by atoms with van der Waals surface area (Å²) in [7, 11) is 0. The van der Waals surface area contributed by atoms with Crippen LogP contribution >= 0.6 is 0 Å². The summed E-state index contributed by atoms with van der Waals surface area (Å²) in [6.07, 6.45) is 3.71. The second kappa shape index (κ2) is 6.69. The molecule has 3 rings (SSSR count). The summed E-state index contributed by atoms with van der Waals surface area (Å²) < 4.78 is 0. The third-order valence-electron chi connectivity index (χ3n) is 4.24. The SMILES string of the molecule is Cc1ccc(CCCNC(=O)c2c[nH]c3ccccc23)c(C)c1. The maximum atomic E-state index is 12.3. The Labute approximate surface area is 136 Å². The predicted molar refractivity (Wildman–Crippen MR) is 94.9 cm³/mol. The second-order valence-corrected chi connectivity index (χ2v) is 6.04. The standard InChI is InChI=1S/C20H22N2O/c1-14-9-10-16(15(2)12-14)6-5-11-21-20(23)18-13-22-19-8-4-3-7-17(18)19/h3-4,7-10,12-13,22H,5-6,11H2,1-2H3,(H,21,23). The van der Waals surface area contributed by atoms with Crippen LogP contribution in [-0.4, -0.2) is 17.4 Å². The molecule has 0 aliphatic rings. The van der Waals surface area contributed by atoms with E-state index in [0.717, 1.165) is 23.7 Å². The Morgan fingerprint density at radius 2 is 1.96 bits per heavy atom. The smallest absolute Gasteiger partial charge is 0.253 e. The van der Waals surface area contributed by atoms with Crippen molar-refractivity contribution in [3.63, 3.8) is 0 Å². The number of amides is 1. The number of hydrogen-bond acceptors (Lipinski definition) is 1. The average molecular weight is 306 g/mol. The Morgan fingerprint density at radius 1 is 1.13 bits per heavy atom. The molecule has 1 amide bonds. The zero-order chi connectivity index (χ0) is 16.2. The van der Waals surface area contributed by atoms with Crippen molar-refractivity contribution < 1.29 is 4.79 Å². The zero-order valence-electron chi connectivity index (χ0n) is 13.6. The maximum Gasteiger partial charge on any atom is 0.253 e. The fraction of sp³-hybridized carbons (Fsp3) is 0.250. The van der Waals surface area contributed by atoms with Crippen molar-refractivity contribution in [3.05, 3.63) is 70.9 Å². The third kappa shape index (κ3) is 3.45. The number of aryl methyl sites for hydroxylation is 3. The van der Waals surface area contributed by atoms with E-state index in [1.165, 1.54) is 16.7 Å². The maximum absolute atomic E-state index is 12.3. The lowest BCUT2D eigenvalue weighted by atomic mass is 10.0. The molecule has 0 fully saturated rings. The van der Waals surface area contributed by atoms with Gasteiger partial charge in [0.05, 0.1) is 5.56 Å². The lowest BCUT2D eigenvalue weighted by Gasteiger charge is -2.08. The van der Waals surface area contributed by atoms with Crippen LogP contribution in [-0.2, 0) is 6.42 Å². The molecule has 3 heteroatoms. The summed E-state index contributed by atoms with van der Waals surface area (Å²) in [5, 5.41) is 3.99. The first kappa shape index (κ1) is 15.3. The molecule has 0 spiro atoms. The first-order valence-electron chi connectivity index (χ1n) is 8.05.